The topological polar surface area (TPSA) is 86.2 Å². The van der Waals surface area contributed by atoms with E-state index in [4.69, 9.17) is 9.94 Å². The number of aliphatic hydroxyl groups is 1. The molecule has 2 aliphatic rings. The number of carbonyl (C=O) groups is 1. The van der Waals surface area contributed by atoms with Crippen molar-refractivity contribution >= 4 is 12.2 Å². The van der Waals surface area contributed by atoms with Crippen LogP contribution >= 0.6 is 0 Å². The summed E-state index contributed by atoms with van der Waals surface area (Å²) in [7, 11) is 4.05. The van der Waals surface area contributed by atoms with Crippen molar-refractivity contribution in [2.45, 2.75) is 49.8 Å². The number of piperidine rings is 1. The third-order valence-electron chi connectivity index (χ3n) is 6.29. The lowest BCUT2D eigenvalue weighted by molar-refractivity contribution is -0.672. The molecule has 0 saturated carbocycles. The fourth-order valence-corrected chi connectivity index (χ4v) is 4.44. The van der Waals surface area contributed by atoms with Gasteiger partial charge in [0.1, 0.15) is 25.3 Å². The minimum Gasteiger partial charge on any atom is -1.00 e. The molecule has 1 aromatic heterocycles. The number of aliphatic hydroxyl groups excluding tert-OH is 1. The van der Waals surface area contributed by atoms with Crippen LogP contribution in [0.3, 0.4) is 0 Å². The Morgan fingerprint density at radius 1 is 1.19 bits per heavy atom. The summed E-state index contributed by atoms with van der Waals surface area (Å²) in [4.78, 5) is 14.8. The number of nitrogens with zero attached hydrogens (tertiary/aromatic N) is 3. The zero-order valence-electron chi connectivity index (χ0n) is 18.5. The predicted molar refractivity (Wildman–Crippen MR) is 117 cm³/mol. The van der Waals surface area contributed by atoms with Gasteiger partial charge in [-0.15, -0.1) is 0 Å². The maximum absolute atomic E-state index is 12.4. The Morgan fingerprint density at radius 3 is 2.38 bits per heavy atom. The van der Waals surface area contributed by atoms with E-state index in [1.807, 2.05) is 66.3 Å². The summed E-state index contributed by atoms with van der Waals surface area (Å²) in [5.74, 6) is -0.860. The summed E-state index contributed by atoms with van der Waals surface area (Å²) in [6.07, 6.45) is 7.53. The lowest BCUT2D eigenvalue weighted by Gasteiger charge is -2.36. The number of esters is 1. The maximum atomic E-state index is 12.4. The first-order chi connectivity index (χ1) is 15.0. The van der Waals surface area contributed by atoms with Crippen LogP contribution in [0.15, 0.2) is 59.9 Å². The van der Waals surface area contributed by atoms with E-state index >= 15 is 0 Å². The fourth-order valence-electron chi connectivity index (χ4n) is 4.44. The molecule has 32 heavy (non-hydrogen) atoms. The molecule has 2 aromatic rings. The molecule has 3 unspecified atom stereocenters. The summed E-state index contributed by atoms with van der Waals surface area (Å²) in [6.45, 7) is -0.206. The van der Waals surface area contributed by atoms with Crippen molar-refractivity contribution in [3.63, 3.8) is 0 Å². The van der Waals surface area contributed by atoms with Gasteiger partial charge >= 0.3 is 5.97 Å². The van der Waals surface area contributed by atoms with Gasteiger partial charge in [0.25, 0.3) is 0 Å². The molecular formula is C24H32ClN3O4. The average molecular weight is 462 g/mol. The number of fused-ring (bicyclic) bond motifs is 2. The SMILES string of the molecule is CN1C2CCC1CC(OC(=O)C(CO)c1ccccc1)C2.C[n+]1ccccc1/C=N/O.[Cl-]. The van der Waals surface area contributed by atoms with Crippen LogP contribution in [-0.4, -0.2) is 59.2 Å². The summed E-state index contributed by atoms with van der Waals surface area (Å²) in [6, 6.07) is 16.1. The molecule has 1 aromatic carbocycles. The van der Waals surface area contributed by atoms with Crippen LogP contribution in [0.4, 0.5) is 0 Å². The van der Waals surface area contributed by atoms with Crippen molar-refractivity contribution in [3.05, 3.63) is 66.0 Å². The third kappa shape index (κ3) is 6.51. The molecule has 2 fully saturated rings. The van der Waals surface area contributed by atoms with Gasteiger partial charge in [0.05, 0.1) is 6.61 Å². The van der Waals surface area contributed by atoms with Crippen molar-refractivity contribution < 1.29 is 36.8 Å². The highest BCUT2D eigenvalue weighted by Gasteiger charge is 2.40. The molecule has 8 heteroatoms. The Morgan fingerprint density at radius 2 is 1.81 bits per heavy atom. The van der Waals surface area contributed by atoms with Crippen LogP contribution in [0, 0.1) is 0 Å². The third-order valence-corrected chi connectivity index (χ3v) is 6.29. The van der Waals surface area contributed by atoms with Crippen molar-refractivity contribution in [1.82, 2.24) is 4.90 Å². The number of hydrogen-bond acceptors (Lipinski definition) is 6. The molecule has 174 valence electrons. The second-order valence-corrected chi connectivity index (χ2v) is 8.21. The fraction of sp³-hybridized carbons (Fsp3) is 0.458. The van der Waals surface area contributed by atoms with E-state index in [2.05, 4.69) is 17.1 Å². The molecule has 2 aliphatic heterocycles. The Kier molecular flexibility index (Phi) is 10.1. The summed E-state index contributed by atoms with van der Waals surface area (Å²) < 4.78 is 7.56. The summed E-state index contributed by atoms with van der Waals surface area (Å²) in [5.41, 5.74) is 1.69. The summed E-state index contributed by atoms with van der Waals surface area (Å²) >= 11 is 0. The molecule has 0 spiro atoms. The van der Waals surface area contributed by atoms with Gasteiger partial charge in [-0.1, -0.05) is 35.5 Å². The van der Waals surface area contributed by atoms with E-state index in [-0.39, 0.29) is 31.1 Å². The zero-order chi connectivity index (χ0) is 22.2. The van der Waals surface area contributed by atoms with Gasteiger partial charge in [0, 0.05) is 24.2 Å². The van der Waals surface area contributed by atoms with E-state index < -0.39 is 5.92 Å². The minimum absolute atomic E-state index is 0. The van der Waals surface area contributed by atoms with Crippen LogP contribution in [0.25, 0.3) is 0 Å². The Bertz CT molecular complexity index is 867. The second-order valence-electron chi connectivity index (χ2n) is 8.21. The van der Waals surface area contributed by atoms with E-state index in [0.29, 0.717) is 12.1 Å². The number of ether oxygens (including phenoxy) is 1. The van der Waals surface area contributed by atoms with Gasteiger partial charge in [0.2, 0.25) is 5.69 Å². The van der Waals surface area contributed by atoms with Crippen LogP contribution < -0.4 is 17.0 Å². The highest BCUT2D eigenvalue weighted by Crippen LogP contribution is 2.36. The molecule has 0 aliphatic carbocycles. The highest BCUT2D eigenvalue weighted by atomic mass is 35.5. The Hall–Kier alpha value is -2.48. The lowest BCUT2D eigenvalue weighted by atomic mass is 9.98. The standard InChI is InChI=1S/C17H23NO3.C7H8N2O.ClH/c1-18-13-7-8-14(18)10-15(9-13)21-17(20)16(11-19)12-5-3-2-4-6-12;1-9-5-3-2-4-7(9)6-8-10;/h2-6,13-16,19H,7-11H2,1H3;2-6H,1H3;1H. The lowest BCUT2D eigenvalue weighted by Crippen LogP contribution is -3.00. The molecule has 2 saturated heterocycles. The van der Waals surface area contributed by atoms with Crippen molar-refractivity contribution in [2.24, 2.45) is 12.2 Å². The molecule has 3 heterocycles. The average Bonchev–Trinajstić information content (AvgIpc) is 2.98. The number of halogens is 1. The Balaban J connectivity index is 0.000000280. The molecule has 3 atom stereocenters. The zero-order valence-corrected chi connectivity index (χ0v) is 19.3. The monoisotopic (exact) mass is 461 g/mol. The summed E-state index contributed by atoms with van der Waals surface area (Å²) in [5, 5.41) is 20.6. The molecule has 4 rings (SSSR count). The first kappa shape index (κ1) is 25.8. The van der Waals surface area contributed by atoms with Gasteiger partial charge in [-0.05, 0) is 44.4 Å². The van der Waals surface area contributed by atoms with E-state index in [0.717, 1.165) is 24.1 Å². The largest absolute Gasteiger partial charge is 1.00 e. The van der Waals surface area contributed by atoms with Gasteiger partial charge in [-0.2, -0.15) is 0 Å². The van der Waals surface area contributed by atoms with Gasteiger partial charge < -0.3 is 32.4 Å². The number of aryl methyl sites for hydroxylation is 1. The predicted octanol–water partition coefficient (Wildman–Crippen LogP) is -0.746. The molecular weight excluding hydrogens is 430 g/mol. The molecule has 7 nitrogen and oxygen atoms in total. The quantitative estimate of drug-likeness (QED) is 0.201. The van der Waals surface area contributed by atoms with E-state index in [1.165, 1.54) is 19.1 Å². The Labute approximate surface area is 195 Å². The van der Waals surface area contributed by atoms with Gasteiger partial charge in [-0.3, -0.25) is 4.79 Å². The number of pyridine rings is 1. The van der Waals surface area contributed by atoms with Crippen molar-refractivity contribution in [2.75, 3.05) is 13.7 Å². The number of aromatic nitrogens is 1. The van der Waals surface area contributed by atoms with Crippen molar-refractivity contribution in [1.29, 1.82) is 0 Å². The number of hydrogen-bond donors (Lipinski definition) is 2. The van der Waals surface area contributed by atoms with E-state index in [1.54, 1.807) is 0 Å². The smallest absolute Gasteiger partial charge is 0.316 e. The second kappa shape index (κ2) is 12.5. The molecule has 0 radical (unpaired) electrons. The molecule has 0 amide bonds. The van der Waals surface area contributed by atoms with Gasteiger partial charge in [-0.25, -0.2) is 4.57 Å². The van der Waals surface area contributed by atoms with Crippen molar-refractivity contribution in [3.8, 4) is 0 Å². The highest BCUT2D eigenvalue weighted by molar-refractivity contribution is 5.78. The number of rotatable bonds is 5. The normalized spacial score (nSPS) is 23.0. The number of oxime groups is 1. The molecule has 2 N–H and O–H groups in total. The van der Waals surface area contributed by atoms with Crippen LogP contribution in [-0.2, 0) is 16.6 Å². The minimum atomic E-state index is -0.566. The first-order valence-corrected chi connectivity index (χ1v) is 10.7. The van der Waals surface area contributed by atoms with Crippen LogP contribution in [0.5, 0.6) is 0 Å². The molecule has 2 bridgehead atoms. The first-order valence-electron chi connectivity index (χ1n) is 10.7. The van der Waals surface area contributed by atoms with Gasteiger partial charge in [0.15, 0.2) is 6.20 Å². The van der Waals surface area contributed by atoms with Crippen LogP contribution in [0.1, 0.15) is 42.9 Å². The number of benzene rings is 1. The van der Waals surface area contributed by atoms with E-state index in [9.17, 15) is 9.90 Å². The van der Waals surface area contributed by atoms with Crippen LogP contribution in [0.2, 0.25) is 0 Å². The maximum Gasteiger partial charge on any atom is 0.316 e. The number of carbonyl (C=O) groups excluding carboxylic acids is 1.